The first-order valence-electron chi connectivity index (χ1n) is 6.86. The zero-order chi connectivity index (χ0) is 15.6. The topological polar surface area (TPSA) is 101 Å². The number of amides is 1. The van der Waals surface area contributed by atoms with Crippen molar-refractivity contribution < 1.29 is 4.79 Å². The van der Waals surface area contributed by atoms with Crippen LogP contribution >= 0.6 is 0 Å². The number of imidazole rings is 1. The number of rotatable bonds is 3. The number of nitrogens with zero attached hydrogens (tertiary/aromatic N) is 5. The van der Waals surface area contributed by atoms with Gasteiger partial charge >= 0.3 is 0 Å². The molecule has 0 bridgehead atoms. The first-order chi connectivity index (χ1) is 11.3. The van der Waals surface area contributed by atoms with Crippen LogP contribution in [0.4, 0.5) is 5.69 Å². The monoisotopic (exact) mass is 305 g/mol. The average Bonchev–Trinajstić information content (AvgIpc) is 3.26. The summed E-state index contributed by atoms with van der Waals surface area (Å²) in [5.74, 6) is 0.270. The van der Waals surface area contributed by atoms with Crippen molar-refractivity contribution in [3.8, 4) is 5.82 Å². The van der Waals surface area contributed by atoms with Gasteiger partial charge in [-0.3, -0.25) is 14.5 Å². The van der Waals surface area contributed by atoms with Crippen LogP contribution in [0.25, 0.3) is 16.7 Å². The van der Waals surface area contributed by atoms with E-state index in [-0.39, 0.29) is 11.6 Å². The Kier molecular flexibility index (Phi) is 3.05. The molecular weight excluding hydrogens is 294 g/mol. The van der Waals surface area contributed by atoms with E-state index in [4.69, 9.17) is 0 Å². The summed E-state index contributed by atoms with van der Waals surface area (Å²) < 4.78 is 1.71. The predicted octanol–water partition coefficient (Wildman–Crippen LogP) is 1.79. The van der Waals surface area contributed by atoms with E-state index in [0.717, 1.165) is 10.9 Å². The van der Waals surface area contributed by atoms with Gasteiger partial charge in [0.15, 0.2) is 11.5 Å². The van der Waals surface area contributed by atoms with E-state index in [2.05, 4.69) is 30.7 Å². The number of aromatic nitrogens is 6. The van der Waals surface area contributed by atoms with Gasteiger partial charge in [-0.2, -0.15) is 5.10 Å². The molecule has 0 radical (unpaired) electrons. The molecule has 2 N–H and O–H groups in total. The molecule has 1 aromatic carbocycles. The summed E-state index contributed by atoms with van der Waals surface area (Å²) in [6, 6.07) is 8.83. The highest BCUT2D eigenvalue weighted by molar-refractivity contribution is 6.03. The summed E-state index contributed by atoms with van der Waals surface area (Å²) in [5.41, 5.74) is 1.75. The molecule has 8 nitrogen and oxygen atoms in total. The molecule has 4 aromatic rings. The van der Waals surface area contributed by atoms with Gasteiger partial charge in [-0.25, -0.2) is 4.98 Å². The van der Waals surface area contributed by atoms with Crippen molar-refractivity contribution in [3.63, 3.8) is 0 Å². The first-order valence-corrected chi connectivity index (χ1v) is 6.86. The summed E-state index contributed by atoms with van der Waals surface area (Å²) >= 11 is 0. The first kappa shape index (κ1) is 13.1. The van der Waals surface area contributed by atoms with Gasteiger partial charge in [0.05, 0.1) is 11.7 Å². The molecule has 3 aromatic heterocycles. The second kappa shape index (κ2) is 5.34. The molecule has 0 aliphatic rings. The lowest BCUT2D eigenvalue weighted by Gasteiger charge is -2.05. The lowest BCUT2D eigenvalue weighted by Crippen LogP contribution is -2.14. The van der Waals surface area contributed by atoms with Crippen LogP contribution in [0.3, 0.4) is 0 Å². The Bertz CT molecular complexity index is 957. The number of fused-ring (bicyclic) bond motifs is 1. The minimum Gasteiger partial charge on any atom is -0.321 e. The molecule has 0 aliphatic carbocycles. The molecule has 3 heterocycles. The van der Waals surface area contributed by atoms with Gasteiger partial charge in [-0.05, 0) is 30.3 Å². The molecule has 0 saturated heterocycles. The number of hydrogen-bond donors (Lipinski definition) is 2. The Morgan fingerprint density at radius 2 is 2.13 bits per heavy atom. The summed E-state index contributed by atoms with van der Waals surface area (Å²) in [6.07, 6.45) is 6.74. The molecule has 0 atom stereocenters. The normalized spacial score (nSPS) is 10.8. The highest BCUT2D eigenvalue weighted by Crippen LogP contribution is 2.17. The van der Waals surface area contributed by atoms with Crippen LogP contribution in [-0.2, 0) is 0 Å². The lowest BCUT2D eigenvalue weighted by molar-refractivity contribution is 0.102. The number of H-pyrrole nitrogens is 1. The minimum atomic E-state index is -0.325. The molecular formula is C15H11N7O. The molecule has 0 aliphatic heterocycles. The summed E-state index contributed by atoms with van der Waals surface area (Å²) in [7, 11) is 0. The fourth-order valence-electron chi connectivity index (χ4n) is 2.19. The standard InChI is InChI=1S/C15H11N7O/c23-15(18-11-2-1-10-8-17-19-13(10)7-11)12-3-4-14(21-20-12)22-6-5-16-9-22/h1-9H,(H,17,19)(H,18,23). The number of carbonyl (C=O) groups is 1. The molecule has 112 valence electrons. The van der Waals surface area contributed by atoms with Gasteiger partial charge in [0, 0.05) is 23.5 Å². The van der Waals surface area contributed by atoms with Gasteiger partial charge in [0.25, 0.3) is 5.91 Å². The van der Waals surface area contributed by atoms with Crippen molar-refractivity contribution in [2.75, 3.05) is 5.32 Å². The van der Waals surface area contributed by atoms with E-state index >= 15 is 0 Å². The quantitative estimate of drug-likeness (QED) is 0.601. The zero-order valence-corrected chi connectivity index (χ0v) is 11.8. The third-order valence-electron chi connectivity index (χ3n) is 3.35. The Balaban J connectivity index is 1.54. The molecule has 0 spiro atoms. The van der Waals surface area contributed by atoms with E-state index in [1.54, 1.807) is 41.6 Å². The third-order valence-corrected chi connectivity index (χ3v) is 3.35. The smallest absolute Gasteiger partial charge is 0.276 e. The molecule has 1 amide bonds. The molecule has 4 rings (SSSR count). The van der Waals surface area contributed by atoms with Crippen LogP contribution in [0, 0.1) is 0 Å². The Morgan fingerprint density at radius 3 is 2.91 bits per heavy atom. The van der Waals surface area contributed by atoms with E-state index in [1.807, 2.05) is 18.2 Å². The molecule has 0 unspecified atom stereocenters. The number of nitrogens with one attached hydrogen (secondary N) is 2. The Labute approximate surface area is 130 Å². The summed E-state index contributed by atoms with van der Waals surface area (Å²) in [5, 5.41) is 18.5. The maximum Gasteiger partial charge on any atom is 0.276 e. The van der Waals surface area contributed by atoms with E-state index in [9.17, 15) is 4.79 Å². The molecule has 0 saturated carbocycles. The maximum absolute atomic E-state index is 12.2. The number of carbonyl (C=O) groups excluding carboxylic acids is 1. The van der Waals surface area contributed by atoms with Crippen LogP contribution in [0.1, 0.15) is 10.5 Å². The van der Waals surface area contributed by atoms with Crippen molar-refractivity contribution in [1.82, 2.24) is 29.9 Å². The third kappa shape index (κ3) is 2.53. The van der Waals surface area contributed by atoms with Crippen LogP contribution in [0.2, 0.25) is 0 Å². The lowest BCUT2D eigenvalue weighted by atomic mass is 10.2. The number of hydrogen-bond acceptors (Lipinski definition) is 5. The maximum atomic E-state index is 12.2. The largest absolute Gasteiger partial charge is 0.321 e. The van der Waals surface area contributed by atoms with Crippen LogP contribution < -0.4 is 5.32 Å². The Hall–Kier alpha value is -3.55. The van der Waals surface area contributed by atoms with Gasteiger partial charge in [-0.1, -0.05) is 0 Å². The minimum absolute atomic E-state index is 0.235. The summed E-state index contributed by atoms with van der Waals surface area (Å²) in [6.45, 7) is 0. The second-order valence-corrected chi connectivity index (χ2v) is 4.87. The molecule has 0 fully saturated rings. The van der Waals surface area contributed by atoms with Crippen LogP contribution in [-0.4, -0.2) is 35.9 Å². The van der Waals surface area contributed by atoms with Crippen molar-refractivity contribution in [1.29, 1.82) is 0 Å². The predicted molar refractivity (Wildman–Crippen MR) is 83.2 cm³/mol. The number of anilines is 1. The van der Waals surface area contributed by atoms with Gasteiger partial charge < -0.3 is 5.32 Å². The van der Waals surface area contributed by atoms with Crippen LogP contribution in [0.5, 0.6) is 0 Å². The summed E-state index contributed by atoms with van der Waals surface area (Å²) in [4.78, 5) is 16.2. The van der Waals surface area contributed by atoms with Crippen molar-refractivity contribution in [3.05, 3.63) is 60.9 Å². The molecule has 23 heavy (non-hydrogen) atoms. The average molecular weight is 305 g/mol. The fourth-order valence-corrected chi connectivity index (χ4v) is 2.19. The van der Waals surface area contributed by atoms with Crippen molar-refractivity contribution in [2.24, 2.45) is 0 Å². The zero-order valence-electron chi connectivity index (χ0n) is 11.8. The number of aromatic amines is 1. The van der Waals surface area contributed by atoms with Gasteiger partial charge in [0.1, 0.15) is 6.33 Å². The highest BCUT2D eigenvalue weighted by Gasteiger charge is 2.10. The SMILES string of the molecule is O=C(Nc1ccc2cn[nH]c2c1)c1ccc(-n2ccnc2)nn1. The highest BCUT2D eigenvalue weighted by atomic mass is 16.1. The Morgan fingerprint density at radius 1 is 1.17 bits per heavy atom. The van der Waals surface area contributed by atoms with E-state index in [0.29, 0.717) is 11.5 Å². The van der Waals surface area contributed by atoms with Gasteiger partial charge in [0.2, 0.25) is 0 Å². The van der Waals surface area contributed by atoms with Crippen molar-refractivity contribution in [2.45, 2.75) is 0 Å². The van der Waals surface area contributed by atoms with Crippen molar-refractivity contribution >= 4 is 22.5 Å². The van der Waals surface area contributed by atoms with E-state index in [1.165, 1.54) is 0 Å². The van der Waals surface area contributed by atoms with Gasteiger partial charge in [-0.15, -0.1) is 10.2 Å². The molecule has 8 heteroatoms. The fraction of sp³-hybridized carbons (Fsp3) is 0. The second-order valence-electron chi connectivity index (χ2n) is 4.87. The van der Waals surface area contributed by atoms with Crippen LogP contribution in [0.15, 0.2) is 55.2 Å². The van der Waals surface area contributed by atoms with E-state index < -0.39 is 0 Å². The number of benzene rings is 1.